The number of fused-ring (bicyclic) bond motifs is 1. The summed E-state index contributed by atoms with van der Waals surface area (Å²) in [7, 11) is 3.46. The van der Waals surface area contributed by atoms with Crippen LogP contribution in [-0.4, -0.2) is 40.2 Å². The number of nitrogens with zero attached hydrogens (tertiary/aromatic N) is 3. The van der Waals surface area contributed by atoms with Crippen LogP contribution in [0.4, 0.5) is 0 Å². The molecule has 0 saturated heterocycles. The average Bonchev–Trinajstić information content (AvgIpc) is 2.97. The van der Waals surface area contributed by atoms with Gasteiger partial charge in [-0.05, 0) is 56.0 Å². The molecule has 3 aromatic rings. The van der Waals surface area contributed by atoms with E-state index in [0.29, 0.717) is 10.5 Å². The molecule has 0 unspecified atom stereocenters. The van der Waals surface area contributed by atoms with E-state index in [4.69, 9.17) is 4.98 Å². The normalized spacial score (nSPS) is 11.2. The van der Waals surface area contributed by atoms with Crippen LogP contribution >= 0.6 is 23.1 Å². The molecule has 5 nitrogen and oxygen atoms in total. The molecular weight excluding hydrogens is 390 g/mol. The number of carbonyl (C=O) groups is 1. The van der Waals surface area contributed by atoms with Crippen LogP contribution in [0.2, 0.25) is 0 Å². The number of thioether (sulfide) groups is 1. The number of benzene rings is 1. The minimum atomic E-state index is -0.0609. The highest BCUT2D eigenvalue weighted by Crippen LogP contribution is 2.30. The molecule has 0 fully saturated rings. The van der Waals surface area contributed by atoms with Gasteiger partial charge in [-0.1, -0.05) is 24.8 Å². The van der Waals surface area contributed by atoms with Gasteiger partial charge in [0.15, 0.2) is 5.16 Å². The van der Waals surface area contributed by atoms with Crippen molar-refractivity contribution < 1.29 is 4.79 Å². The van der Waals surface area contributed by atoms with E-state index in [9.17, 15) is 9.59 Å². The van der Waals surface area contributed by atoms with Gasteiger partial charge in [0.2, 0.25) is 5.91 Å². The highest BCUT2D eigenvalue weighted by Gasteiger charge is 2.20. The Morgan fingerprint density at radius 1 is 1.21 bits per heavy atom. The number of aromatic nitrogens is 2. The van der Waals surface area contributed by atoms with Crippen molar-refractivity contribution in [2.75, 3.05) is 19.8 Å². The number of amides is 1. The lowest BCUT2D eigenvalue weighted by atomic mass is 10.1. The first-order valence-electron chi connectivity index (χ1n) is 9.20. The maximum Gasteiger partial charge on any atom is 0.267 e. The Hall–Kier alpha value is -2.12. The van der Waals surface area contributed by atoms with Crippen LogP contribution in [0.25, 0.3) is 15.9 Å². The van der Waals surface area contributed by atoms with Gasteiger partial charge in [0.1, 0.15) is 4.83 Å². The van der Waals surface area contributed by atoms with E-state index >= 15 is 0 Å². The quantitative estimate of drug-likeness (QED) is 0.465. The second-order valence-corrected chi connectivity index (χ2v) is 9.20. The molecular formula is C21H25N3O2S2. The molecule has 28 heavy (non-hydrogen) atoms. The number of rotatable bonds is 5. The first-order chi connectivity index (χ1) is 13.2. The van der Waals surface area contributed by atoms with E-state index in [-0.39, 0.29) is 17.2 Å². The summed E-state index contributed by atoms with van der Waals surface area (Å²) in [4.78, 5) is 33.9. The van der Waals surface area contributed by atoms with Crippen LogP contribution < -0.4 is 5.56 Å². The SMILES string of the molecule is CCc1c(C)sc2nc(SCC(=O)N(C)C)n(-c3ccc(C)c(C)c3)c(=O)c12. The van der Waals surface area contributed by atoms with Crippen molar-refractivity contribution in [3.8, 4) is 5.69 Å². The third-order valence-electron chi connectivity index (χ3n) is 4.92. The number of hydrogen-bond acceptors (Lipinski definition) is 5. The van der Waals surface area contributed by atoms with E-state index in [0.717, 1.165) is 32.9 Å². The maximum atomic E-state index is 13.5. The zero-order chi connectivity index (χ0) is 20.6. The summed E-state index contributed by atoms with van der Waals surface area (Å²) < 4.78 is 1.66. The minimum absolute atomic E-state index is 0.0115. The van der Waals surface area contributed by atoms with E-state index in [2.05, 4.69) is 6.92 Å². The Balaban J connectivity index is 2.25. The lowest BCUT2D eigenvalue weighted by molar-refractivity contribution is -0.125. The molecule has 1 amide bonds. The summed E-state index contributed by atoms with van der Waals surface area (Å²) in [6.45, 7) is 8.18. The van der Waals surface area contributed by atoms with Crippen molar-refractivity contribution >= 4 is 39.2 Å². The summed E-state index contributed by atoms with van der Waals surface area (Å²) >= 11 is 2.86. The lowest BCUT2D eigenvalue weighted by Crippen LogP contribution is -2.25. The van der Waals surface area contributed by atoms with Crippen LogP contribution in [0.15, 0.2) is 28.2 Å². The van der Waals surface area contributed by atoms with Crippen LogP contribution in [0.5, 0.6) is 0 Å². The summed E-state index contributed by atoms with van der Waals surface area (Å²) in [6, 6.07) is 5.97. The van der Waals surface area contributed by atoms with Crippen molar-refractivity contribution in [2.24, 2.45) is 0 Å². The monoisotopic (exact) mass is 415 g/mol. The number of hydrogen-bond donors (Lipinski definition) is 0. The molecule has 0 aliphatic rings. The lowest BCUT2D eigenvalue weighted by Gasteiger charge is -2.15. The van der Waals surface area contributed by atoms with Gasteiger partial charge in [0.05, 0.1) is 16.8 Å². The Morgan fingerprint density at radius 3 is 2.54 bits per heavy atom. The molecule has 3 rings (SSSR count). The zero-order valence-electron chi connectivity index (χ0n) is 17.1. The van der Waals surface area contributed by atoms with E-state index < -0.39 is 0 Å². The third kappa shape index (κ3) is 3.73. The van der Waals surface area contributed by atoms with Crippen LogP contribution in [0.3, 0.4) is 0 Å². The molecule has 0 N–H and O–H groups in total. The van der Waals surface area contributed by atoms with Gasteiger partial charge in [-0.2, -0.15) is 0 Å². The molecule has 148 valence electrons. The van der Waals surface area contributed by atoms with Crippen molar-refractivity contribution in [2.45, 2.75) is 39.3 Å². The van der Waals surface area contributed by atoms with Gasteiger partial charge >= 0.3 is 0 Å². The first kappa shape index (κ1) is 20.6. The van der Waals surface area contributed by atoms with Gasteiger partial charge in [0, 0.05) is 19.0 Å². The Kier molecular flexibility index (Phi) is 5.95. The van der Waals surface area contributed by atoms with Gasteiger partial charge < -0.3 is 4.90 Å². The van der Waals surface area contributed by atoms with Gasteiger partial charge in [-0.25, -0.2) is 4.98 Å². The third-order valence-corrected chi connectivity index (χ3v) is 6.89. The van der Waals surface area contributed by atoms with Crippen LogP contribution in [0.1, 0.15) is 28.5 Å². The van der Waals surface area contributed by atoms with E-state index in [1.54, 1.807) is 34.9 Å². The molecule has 0 aliphatic carbocycles. The zero-order valence-corrected chi connectivity index (χ0v) is 18.8. The molecule has 0 radical (unpaired) electrons. The summed E-state index contributed by atoms with van der Waals surface area (Å²) in [6.07, 6.45) is 0.793. The molecule has 0 bridgehead atoms. The smallest absolute Gasteiger partial charge is 0.267 e. The highest BCUT2D eigenvalue weighted by molar-refractivity contribution is 7.99. The molecule has 2 aromatic heterocycles. The molecule has 1 aromatic carbocycles. The number of carbonyl (C=O) groups excluding carboxylic acids is 1. The predicted octanol–water partition coefficient (Wildman–Crippen LogP) is 4.12. The molecule has 7 heteroatoms. The van der Waals surface area contributed by atoms with Crippen molar-refractivity contribution in [1.29, 1.82) is 0 Å². The number of aryl methyl sites for hydroxylation is 4. The van der Waals surface area contributed by atoms with Crippen molar-refractivity contribution in [3.05, 3.63) is 50.1 Å². The molecule has 0 aliphatic heterocycles. The van der Waals surface area contributed by atoms with Crippen molar-refractivity contribution in [3.63, 3.8) is 0 Å². The Labute approximate surface area is 173 Å². The predicted molar refractivity (Wildman–Crippen MR) is 118 cm³/mol. The van der Waals surface area contributed by atoms with Gasteiger partial charge in [-0.3, -0.25) is 14.2 Å². The molecule has 0 atom stereocenters. The fourth-order valence-corrected chi connectivity index (χ4v) is 5.21. The first-order valence-corrected chi connectivity index (χ1v) is 11.0. The second-order valence-electron chi connectivity index (χ2n) is 7.05. The Morgan fingerprint density at radius 2 is 1.93 bits per heavy atom. The Bertz CT molecular complexity index is 1110. The van der Waals surface area contributed by atoms with Crippen molar-refractivity contribution in [1.82, 2.24) is 14.5 Å². The van der Waals surface area contributed by atoms with Crippen LogP contribution in [0, 0.1) is 20.8 Å². The standard InChI is InChI=1S/C21H25N3O2S2/c1-7-16-14(4)28-19-18(16)20(26)24(15-9-8-12(2)13(3)10-15)21(22-19)27-11-17(25)23(5)6/h8-10H,7,11H2,1-6H3. The maximum absolute atomic E-state index is 13.5. The van der Waals surface area contributed by atoms with E-state index in [1.807, 2.05) is 39.0 Å². The van der Waals surface area contributed by atoms with Crippen LogP contribution in [-0.2, 0) is 11.2 Å². The molecule has 0 saturated carbocycles. The fourth-order valence-electron chi connectivity index (χ4n) is 3.07. The minimum Gasteiger partial charge on any atom is -0.348 e. The molecule has 2 heterocycles. The van der Waals surface area contributed by atoms with Gasteiger partial charge in [-0.15, -0.1) is 11.3 Å². The van der Waals surface area contributed by atoms with E-state index in [1.165, 1.54) is 17.3 Å². The largest absolute Gasteiger partial charge is 0.348 e. The van der Waals surface area contributed by atoms with Gasteiger partial charge in [0.25, 0.3) is 5.56 Å². The average molecular weight is 416 g/mol. The topological polar surface area (TPSA) is 55.2 Å². The second kappa shape index (κ2) is 8.09. The summed E-state index contributed by atoms with van der Waals surface area (Å²) in [5.41, 5.74) is 4.07. The molecule has 0 spiro atoms. The number of thiophene rings is 1. The fraction of sp³-hybridized carbons (Fsp3) is 0.381. The summed E-state index contributed by atoms with van der Waals surface area (Å²) in [5.74, 6) is 0.225. The highest BCUT2D eigenvalue weighted by atomic mass is 32.2. The summed E-state index contributed by atoms with van der Waals surface area (Å²) in [5, 5.41) is 1.26.